The third kappa shape index (κ3) is 22.4. The molecule has 0 aromatic carbocycles. The maximum Gasteiger partial charge on any atom is 1.00 e. The third-order valence-electron chi connectivity index (χ3n) is 0.167. The van der Waals surface area contributed by atoms with Crippen molar-refractivity contribution in [3.63, 3.8) is 0 Å². The molecule has 38 valence electrons. The minimum Gasteiger partial charge on any atom is -0.553 e. The fraction of sp³-hybridized carbons (Fsp3) is 0.500. The molecule has 0 bridgehead atoms. The van der Waals surface area contributed by atoms with Crippen LogP contribution in [0.1, 0.15) is 0 Å². The Morgan fingerprint density at radius 2 is 1.86 bits per heavy atom. The van der Waals surface area contributed by atoms with E-state index in [1.54, 1.807) is 0 Å². The van der Waals surface area contributed by atoms with Crippen LogP contribution in [0, 0.1) is 0 Å². The molecule has 4 nitrogen and oxygen atoms in total. The van der Waals surface area contributed by atoms with Gasteiger partial charge in [0.2, 0.25) is 0 Å². The summed E-state index contributed by atoms with van der Waals surface area (Å²) in [5, 5.41) is 9.03. The van der Waals surface area contributed by atoms with Gasteiger partial charge in [0.25, 0.3) is 6.16 Å². The second kappa shape index (κ2) is 9.52. The molecule has 0 aromatic rings. The van der Waals surface area contributed by atoms with Crippen LogP contribution in [0.5, 0.6) is 0 Å². The molecule has 0 saturated carbocycles. The zero-order chi connectivity index (χ0) is 4.28. The summed E-state index contributed by atoms with van der Waals surface area (Å²) in [6.45, 7) is 0. The molecule has 0 heterocycles. The molecule has 0 saturated heterocycles. The Bertz CT molecular complexity index is 45.0. The minimum absolute atomic E-state index is 0. The predicted octanol–water partition coefficient (Wildman–Crippen LogP) is -4.84. The first-order valence-corrected chi connectivity index (χ1v) is 1.02. The van der Waals surface area contributed by atoms with Crippen molar-refractivity contribution in [2.45, 2.75) is 0 Å². The molecule has 0 spiro atoms. The number of ether oxygens (including phenoxy) is 1. The first kappa shape index (κ1) is 15.7. The molecular formula is C2H5NaO4. The van der Waals surface area contributed by atoms with E-state index in [4.69, 9.17) is 9.90 Å². The Hall–Kier alpha value is 0.230. The van der Waals surface area contributed by atoms with E-state index in [9.17, 15) is 0 Å². The van der Waals surface area contributed by atoms with Crippen molar-refractivity contribution in [3.05, 3.63) is 0 Å². The normalized spacial score (nSPS) is 4.71. The topological polar surface area (TPSA) is 80.9 Å². The monoisotopic (exact) mass is 116 g/mol. The van der Waals surface area contributed by atoms with Crippen LogP contribution in [0.2, 0.25) is 0 Å². The van der Waals surface area contributed by atoms with E-state index >= 15 is 0 Å². The van der Waals surface area contributed by atoms with Crippen molar-refractivity contribution in [3.8, 4) is 0 Å². The maximum absolute atomic E-state index is 9.03. The number of methoxy groups -OCH3 is 1. The molecule has 5 heteroatoms. The van der Waals surface area contributed by atoms with Crippen LogP contribution in [0.25, 0.3) is 0 Å². The van der Waals surface area contributed by atoms with Gasteiger partial charge < -0.3 is 20.1 Å². The van der Waals surface area contributed by atoms with Crippen LogP contribution in [-0.4, -0.2) is 18.7 Å². The van der Waals surface area contributed by atoms with Crippen LogP contribution >= 0.6 is 0 Å². The molecule has 0 aliphatic heterocycles. The molecule has 7 heavy (non-hydrogen) atoms. The molecule has 0 unspecified atom stereocenters. The second-order valence-electron chi connectivity index (χ2n) is 0.454. The van der Waals surface area contributed by atoms with Gasteiger partial charge in [-0.3, -0.25) is 0 Å². The minimum atomic E-state index is -1.50. The van der Waals surface area contributed by atoms with E-state index in [1.165, 1.54) is 0 Å². The molecule has 0 aromatic heterocycles. The summed E-state index contributed by atoms with van der Waals surface area (Å²) in [4.78, 5) is 9.03. The molecule has 0 atom stereocenters. The van der Waals surface area contributed by atoms with Gasteiger partial charge >= 0.3 is 29.6 Å². The van der Waals surface area contributed by atoms with Crippen molar-refractivity contribution >= 4 is 6.16 Å². The molecular weight excluding hydrogens is 111 g/mol. The van der Waals surface area contributed by atoms with E-state index in [0.717, 1.165) is 7.11 Å². The smallest absolute Gasteiger partial charge is 0.553 e. The van der Waals surface area contributed by atoms with E-state index in [1.807, 2.05) is 0 Å². The Labute approximate surface area is 63.1 Å². The Morgan fingerprint density at radius 1 is 1.71 bits per heavy atom. The molecule has 0 radical (unpaired) electrons. The molecule has 0 aliphatic rings. The van der Waals surface area contributed by atoms with Gasteiger partial charge in [0.15, 0.2) is 0 Å². The number of hydrogen-bond donors (Lipinski definition) is 0. The van der Waals surface area contributed by atoms with E-state index < -0.39 is 6.16 Å². The quantitative estimate of drug-likeness (QED) is 0.235. The Kier molecular flexibility index (Phi) is 21.3. The largest absolute Gasteiger partial charge is 1.00 e. The predicted molar refractivity (Wildman–Crippen MR) is 16.0 cm³/mol. The molecule has 2 N–H and O–H groups in total. The zero-order valence-corrected chi connectivity index (χ0v) is 6.22. The van der Waals surface area contributed by atoms with E-state index in [0.29, 0.717) is 0 Å². The fourth-order valence-electron chi connectivity index (χ4n) is 0. The van der Waals surface area contributed by atoms with Crippen LogP contribution < -0.4 is 34.7 Å². The van der Waals surface area contributed by atoms with Crippen molar-refractivity contribution in [2.24, 2.45) is 0 Å². The zero-order valence-electron chi connectivity index (χ0n) is 4.22. The van der Waals surface area contributed by atoms with Gasteiger partial charge in [-0.05, 0) is 0 Å². The standard InChI is InChI=1S/C2H4O3.Na.H2O/c1-5-2(3)4;;/h1H3,(H,3,4);;1H2/q;+1;/p-1. The number of carboxylic acid groups (broad SMARTS) is 1. The fourth-order valence-corrected chi connectivity index (χ4v) is 0. The summed E-state index contributed by atoms with van der Waals surface area (Å²) in [5.74, 6) is 0. The number of hydrogen-bond acceptors (Lipinski definition) is 3. The Morgan fingerprint density at radius 3 is 1.86 bits per heavy atom. The average molecular weight is 116 g/mol. The molecule has 0 fully saturated rings. The van der Waals surface area contributed by atoms with E-state index in [2.05, 4.69) is 4.74 Å². The second-order valence-corrected chi connectivity index (χ2v) is 0.454. The third-order valence-corrected chi connectivity index (χ3v) is 0.167. The van der Waals surface area contributed by atoms with Crippen LogP contribution in [0.15, 0.2) is 0 Å². The summed E-state index contributed by atoms with van der Waals surface area (Å²) in [7, 11) is 1.04. The van der Waals surface area contributed by atoms with Gasteiger partial charge in [-0.1, -0.05) is 0 Å². The van der Waals surface area contributed by atoms with Gasteiger partial charge in [-0.2, -0.15) is 0 Å². The van der Waals surface area contributed by atoms with Crippen molar-refractivity contribution in [1.82, 2.24) is 0 Å². The van der Waals surface area contributed by atoms with Crippen LogP contribution in [0.3, 0.4) is 0 Å². The average Bonchev–Trinajstić information content (AvgIpc) is 1.38. The molecule has 0 rings (SSSR count). The Balaban J connectivity index is -0.0000000800. The summed E-state index contributed by atoms with van der Waals surface area (Å²) >= 11 is 0. The van der Waals surface area contributed by atoms with Gasteiger partial charge in [-0.15, -0.1) is 0 Å². The van der Waals surface area contributed by atoms with Gasteiger partial charge in [0, 0.05) is 7.11 Å². The van der Waals surface area contributed by atoms with Crippen molar-refractivity contribution < 1.29 is 49.7 Å². The molecule has 0 aliphatic carbocycles. The van der Waals surface area contributed by atoms with Crippen molar-refractivity contribution in [2.75, 3.05) is 7.11 Å². The van der Waals surface area contributed by atoms with Crippen LogP contribution in [-0.2, 0) is 4.74 Å². The van der Waals surface area contributed by atoms with Crippen LogP contribution in [0.4, 0.5) is 4.79 Å². The summed E-state index contributed by atoms with van der Waals surface area (Å²) in [5.41, 5.74) is 0. The summed E-state index contributed by atoms with van der Waals surface area (Å²) < 4.78 is 3.56. The van der Waals surface area contributed by atoms with Crippen molar-refractivity contribution in [1.29, 1.82) is 0 Å². The number of carbonyl (C=O) groups excluding carboxylic acids is 1. The summed E-state index contributed by atoms with van der Waals surface area (Å²) in [6, 6.07) is 0. The van der Waals surface area contributed by atoms with Gasteiger partial charge in [0.05, 0.1) is 0 Å². The van der Waals surface area contributed by atoms with Gasteiger partial charge in [-0.25, -0.2) is 0 Å². The first-order valence-electron chi connectivity index (χ1n) is 1.02. The number of rotatable bonds is 0. The maximum atomic E-state index is 9.03. The molecule has 0 amide bonds. The first-order chi connectivity index (χ1) is 2.27. The summed E-state index contributed by atoms with van der Waals surface area (Å²) in [6.07, 6.45) is -1.50. The van der Waals surface area contributed by atoms with E-state index in [-0.39, 0.29) is 35.0 Å². The van der Waals surface area contributed by atoms with Gasteiger partial charge in [0.1, 0.15) is 0 Å². The SMILES string of the molecule is COC(=O)[O-].O.[Na+]. The number of carbonyl (C=O) groups is 1.